The molecule has 0 radical (unpaired) electrons. The largest absolute Gasteiger partial charge is 0.417 e. The van der Waals surface area contributed by atoms with E-state index in [0.29, 0.717) is 13.1 Å². The summed E-state index contributed by atoms with van der Waals surface area (Å²) in [5.41, 5.74) is -1.42. The molecule has 1 fully saturated rings. The lowest BCUT2D eigenvalue weighted by Crippen LogP contribution is -2.44. The number of β-amino-alcohol motifs (C(OH)–C–C–N with tert-alkyl or cyclic N) is 1. The van der Waals surface area contributed by atoms with Gasteiger partial charge in [-0.15, -0.1) is 0 Å². The van der Waals surface area contributed by atoms with Crippen molar-refractivity contribution in [1.29, 1.82) is 0 Å². The minimum absolute atomic E-state index is 0.247. The highest BCUT2D eigenvalue weighted by Gasteiger charge is 2.38. The zero-order chi connectivity index (χ0) is 15.8. The zero-order valence-electron chi connectivity index (χ0n) is 11.1. The Labute approximate surface area is 128 Å². The Kier molecular flexibility index (Phi) is 4.60. The maximum Gasteiger partial charge on any atom is 0.417 e. The molecule has 2 N–H and O–H groups in total. The predicted octanol–water partition coefficient (Wildman–Crippen LogP) is 1.87. The average Bonchev–Trinajstić information content (AvgIpc) is 2.82. The van der Waals surface area contributed by atoms with Crippen LogP contribution in [0.1, 0.15) is 15.9 Å². The molecule has 0 aliphatic carbocycles. The van der Waals surface area contributed by atoms with E-state index in [0.717, 1.165) is 17.0 Å². The van der Waals surface area contributed by atoms with Crippen molar-refractivity contribution in [2.45, 2.75) is 18.3 Å². The number of halogens is 4. The molecule has 1 heterocycles. The van der Waals surface area contributed by atoms with Crippen LogP contribution in [0.4, 0.5) is 13.2 Å². The van der Waals surface area contributed by atoms with E-state index in [1.165, 1.54) is 13.1 Å². The maximum absolute atomic E-state index is 13.1. The van der Waals surface area contributed by atoms with Gasteiger partial charge in [0.25, 0.3) is 5.91 Å². The van der Waals surface area contributed by atoms with Gasteiger partial charge in [-0.05, 0) is 18.2 Å². The minimum atomic E-state index is -4.62. The number of alkyl halides is 3. The molecule has 4 nitrogen and oxygen atoms in total. The number of carbonyl (C=O) groups is 1. The van der Waals surface area contributed by atoms with Crippen LogP contribution in [0.25, 0.3) is 0 Å². The number of carbonyl (C=O) groups excluding carboxylic acids is 1. The average molecular weight is 367 g/mol. The SMILES string of the molecule is CN(C(=O)c1ccc(Br)cc1C(F)(F)F)[C@H]1CNC[C@@H]1O. The molecule has 1 aromatic rings. The quantitative estimate of drug-likeness (QED) is 0.840. The number of aliphatic hydroxyl groups is 1. The van der Waals surface area contributed by atoms with E-state index in [1.54, 1.807) is 0 Å². The number of likely N-dealkylation sites (N-methyl/N-ethyl adjacent to an activating group) is 1. The van der Waals surface area contributed by atoms with Crippen LogP contribution in [0.15, 0.2) is 22.7 Å². The van der Waals surface area contributed by atoms with E-state index in [9.17, 15) is 23.1 Å². The normalized spacial score (nSPS) is 22.4. The molecule has 1 aliphatic rings. The molecule has 0 spiro atoms. The summed E-state index contributed by atoms with van der Waals surface area (Å²) in [6.45, 7) is 0.663. The van der Waals surface area contributed by atoms with Gasteiger partial charge in [0.2, 0.25) is 0 Å². The van der Waals surface area contributed by atoms with Gasteiger partial charge in [0.1, 0.15) is 0 Å². The van der Waals surface area contributed by atoms with E-state index in [-0.39, 0.29) is 4.47 Å². The lowest BCUT2D eigenvalue weighted by Gasteiger charge is -2.27. The smallest absolute Gasteiger partial charge is 0.390 e. The van der Waals surface area contributed by atoms with Gasteiger partial charge in [-0.3, -0.25) is 4.79 Å². The topological polar surface area (TPSA) is 52.6 Å². The lowest BCUT2D eigenvalue weighted by atomic mass is 10.0. The van der Waals surface area contributed by atoms with Crippen molar-refractivity contribution in [3.05, 3.63) is 33.8 Å². The lowest BCUT2D eigenvalue weighted by molar-refractivity contribution is -0.138. The third-order valence-corrected chi connectivity index (χ3v) is 3.98. The Morgan fingerprint density at radius 3 is 2.62 bits per heavy atom. The van der Waals surface area contributed by atoms with Crippen LogP contribution in [-0.2, 0) is 6.18 Å². The van der Waals surface area contributed by atoms with Gasteiger partial charge in [-0.2, -0.15) is 13.2 Å². The van der Waals surface area contributed by atoms with Crippen LogP contribution in [0.3, 0.4) is 0 Å². The second-order valence-electron chi connectivity index (χ2n) is 4.90. The van der Waals surface area contributed by atoms with Crippen LogP contribution in [-0.4, -0.2) is 48.2 Å². The highest BCUT2D eigenvalue weighted by Crippen LogP contribution is 2.34. The molecule has 2 atom stereocenters. The summed E-state index contributed by atoms with van der Waals surface area (Å²) >= 11 is 2.98. The summed E-state index contributed by atoms with van der Waals surface area (Å²) in [4.78, 5) is 13.5. The number of hydrogen-bond acceptors (Lipinski definition) is 3. The van der Waals surface area contributed by atoms with Crippen molar-refractivity contribution in [1.82, 2.24) is 10.2 Å². The standard InChI is InChI=1S/C13H14BrF3N2O2/c1-19(10-5-18-6-11(10)20)12(21)8-3-2-7(14)4-9(8)13(15,16)17/h2-4,10-11,18,20H,5-6H2,1H3/t10-,11-/m0/s1. The van der Waals surface area contributed by atoms with Crippen molar-refractivity contribution in [2.24, 2.45) is 0 Å². The van der Waals surface area contributed by atoms with Crippen molar-refractivity contribution >= 4 is 21.8 Å². The van der Waals surface area contributed by atoms with E-state index < -0.39 is 35.4 Å². The third kappa shape index (κ3) is 3.38. The van der Waals surface area contributed by atoms with Crippen molar-refractivity contribution in [3.8, 4) is 0 Å². The molecule has 21 heavy (non-hydrogen) atoms. The van der Waals surface area contributed by atoms with Gasteiger partial charge >= 0.3 is 6.18 Å². The summed E-state index contributed by atoms with van der Waals surface area (Å²) in [5, 5.41) is 12.6. The summed E-state index contributed by atoms with van der Waals surface area (Å²) < 4.78 is 39.4. The molecule has 0 aromatic heterocycles. The summed E-state index contributed by atoms with van der Waals surface area (Å²) in [6.07, 6.45) is -5.41. The fourth-order valence-corrected chi connectivity index (χ4v) is 2.69. The highest BCUT2D eigenvalue weighted by atomic mass is 79.9. The maximum atomic E-state index is 13.1. The second-order valence-corrected chi connectivity index (χ2v) is 5.81. The first kappa shape index (κ1) is 16.3. The number of benzene rings is 1. The Morgan fingerprint density at radius 2 is 2.10 bits per heavy atom. The molecule has 1 saturated heterocycles. The fourth-order valence-electron chi connectivity index (χ4n) is 2.32. The van der Waals surface area contributed by atoms with Crippen molar-refractivity contribution in [2.75, 3.05) is 20.1 Å². The Balaban J connectivity index is 2.35. The molecular weight excluding hydrogens is 353 g/mol. The summed E-state index contributed by atoms with van der Waals surface area (Å²) in [6, 6.07) is 2.87. The Morgan fingerprint density at radius 1 is 1.43 bits per heavy atom. The van der Waals surface area contributed by atoms with Gasteiger partial charge in [0.15, 0.2) is 0 Å². The van der Waals surface area contributed by atoms with E-state index in [4.69, 9.17) is 0 Å². The van der Waals surface area contributed by atoms with Crippen LogP contribution >= 0.6 is 15.9 Å². The first-order valence-electron chi connectivity index (χ1n) is 6.24. The Bertz CT molecular complexity index is 551. The third-order valence-electron chi connectivity index (χ3n) is 3.49. The second kappa shape index (κ2) is 5.94. The van der Waals surface area contributed by atoms with Crippen LogP contribution in [0, 0.1) is 0 Å². The van der Waals surface area contributed by atoms with Crippen molar-refractivity contribution in [3.63, 3.8) is 0 Å². The van der Waals surface area contributed by atoms with Gasteiger partial charge < -0.3 is 15.3 Å². The molecule has 116 valence electrons. The number of nitrogens with one attached hydrogen (secondary N) is 1. The molecule has 2 rings (SSSR count). The molecular formula is C13H14BrF3N2O2. The number of nitrogens with zero attached hydrogens (tertiary/aromatic N) is 1. The van der Waals surface area contributed by atoms with Crippen molar-refractivity contribution < 1.29 is 23.1 Å². The molecule has 0 bridgehead atoms. The molecule has 1 amide bonds. The zero-order valence-corrected chi connectivity index (χ0v) is 12.7. The predicted molar refractivity (Wildman–Crippen MR) is 73.9 cm³/mol. The number of aliphatic hydroxyl groups excluding tert-OH is 1. The summed E-state index contributed by atoms with van der Waals surface area (Å²) in [7, 11) is 1.39. The van der Waals surface area contributed by atoms with E-state index in [1.807, 2.05) is 0 Å². The van der Waals surface area contributed by atoms with Gasteiger partial charge in [-0.1, -0.05) is 15.9 Å². The first-order valence-corrected chi connectivity index (χ1v) is 7.04. The highest BCUT2D eigenvalue weighted by molar-refractivity contribution is 9.10. The van der Waals surface area contributed by atoms with Gasteiger partial charge in [-0.25, -0.2) is 0 Å². The molecule has 1 aliphatic heterocycles. The molecule has 1 aromatic carbocycles. The van der Waals surface area contributed by atoms with Gasteiger partial charge in [0.05, 0.1) is 23.3 Å². The summed E-state index contributed by atoms with van der Waals surface area (Å²) in [5.74, 6) is -0.762. The molecule has 8 heteroatoms. The first-order chi connectivity index (χ1) is 9.71. The van der Waals surface area contributed by atoms with E-state index in [2.05, 4.69) is 21.2 Å². The minimum Gasteiger partial charge on any atom is -0.390 e. The molecule has 0 unspecified atom stereocenters. The number of rotatable bonds is 2. The van der Waals surface area contributed by atoms with Gasteiger partial charge in [0, 0.05) is 24.6 Å². The van der Waals surface area contributed by atoms with E-state index >= 15 is 0 Å². The number of amides is 1. The number of hydrogen-bond donors (Lipinski definition) is 2. The fraction of sp³-hybridized carbons (Fsp3) is 0.462. The van der Waals surface area contributed by atoms with Crippen LogP contribution < -0.4 is 5.32 Å². The monoisotopic (exact) mass is 366 g/mol. The molecule has 0 saturated carbocycles. The van der Waals surface area contributed by atoms with Crippen LogP contribution in [0.2, 0.25) is 0 Å². The Hall–Kier alpha value is -1.12. The van der Waals surface area contributed by atoms with Crippen LogP contribution in [0.5, 0.6) is 0 Å².